The molecule has 0 spiro atoms. The Bertz CT molecular complexity index is 813. The number of likely N-dealkylation sites (tertiary alicyclic amines) is 1. The summed E-state index contributed by atoms with van der Waals surface area (Å²) in [5, 5.41) is 1.28. The molecule has 1 saturated heterocycles. The molecule has 1 heterocycles. The highest BCUT2D eigenvalue weighted by Crippen LogP contribution is 2.33. The maximum absolute atomic E-state index is 7.21. The predicted molar refractivity (Wildman–Crippen MR) is 110 cm³/mol. The van der Waals surface area contributed by atoms with Crippen LogP contribution in [0.3, 0.4) is 0 Å². The van der Waals surface area contributed by atoms with Crippen molar-refractivity contribution in [2.24, 2.45) is 0 Å². The van der Waals surface area contributed by atoms with Gasteiger partial charge in [-0.3, -0.25) is 4.90 Å². The van der Waals surface area contributed by atoms with E-state index in [4.69, 9.17) is 29.8 Å². The minimum absolute atomic E-state index is 0.392. The Morgan fingerprint density at radius 3 is 2.58 bits per heavy atom. The molecule has 2 aromatic carbocycles. The van der Waals surface area contributed by atoms with Gasteiger partial charge < -0.3 is 4.90 Å². The highest BCUT2D eigenvalue weighted by molar-refractivity contribution is 6.33. The molecule has 1 atom stereocenters. The van der Waals surface area contributed by atoms with Gasteiger partial charge in [-0.2, -0.15) is 0 Å². The number of hydrogen-bond donors (Lipinski definition) is 0. The second-order valence-corrected chi connectivity index (χ2v) is 7.81. The number of nitrogens with zero attached hydrogens (tertiary/aromatic N) is 3. The first-order valence-electron chi connectivity index (χ1n) is 8.90. The first-order valence-corrected chi connectivity index (χ1v) is 9.66. The van der Waals surface area contributed by atoms with Crippen molar-refractivity contribution in [1.82, 2.24) is 4.90 Å². The molecule has 0 radical (unpaired) electrons. The Balaban J connectivity index is 1.93. The van der Waals surface area contributed by atoms with Gasteiger partial charge in [-0.15, -0.1) is 0 Å². The topological polar surface area (TPSA) is 10.8 Å². The van der Waals surface area contributed by atoms with Gasteiger partial charge >= 0.3 is 0 Å². The fourth-order valence-corrected chi connectivity index (χ4v) is 3.91. The van der Waals surface area contributed by atoms with Gasteiger partial charge in [0.15, 0.2) is 0 Å². The van der Waals surface area contributed by atoms with Crippen molar-refractivity contribution in [1.29, 1.82) is 0 Å². The van der Waals surface area contributed by atoms with Gasteiger partial charge in [0.25, 0.3) is 0 Å². The molecule has 1 aliphatic rings. The zero-order valence-electron chi connectivity index (χ0n) is 15.1. The lowest BCUT2D eigenvalue weighted by Crippen LogP contribution is -2.38. The largest absolute Gasteiger partial charge is 0.363 e. The fraction of sp³-hybridized carbons (Fsp3) is 0.381. The molecule has 2 aromatic rings. The highest BCUT2D eigenvalue weighted by atomic mass is 35.5. The number of rotatable bonds is 5. The quantitative estimate of drug-likeness (QED) is 0.579. The van der Waals surface area contributed by atoms with Gasteiger partial charge in [0, 0.05) is 47.5 Å². The minimum Gasteiger partial charge on any atom is -0.363 e. The standard InChI is InChI=1S/C21H23Cl2N3/c1-15(2)25-11-10-18(14-25)26(13-16-6-4-5-7-19(16)22)17-8-9-21(24-3)20(23)12-17/h4-9,12,15,18H,10-11,13-14H2,1-2H3/t18-/m0/s1. The average Bonchev–Trinajstić information content (AvgIpc) is 3.11. The zero-order valence-corrected chi connectivity index (χ0v) is 16.6. The van der Waals surface area contributed by atoms with Crippen LogP contribution in [0.25, 0.3) is 4.85 Å². The lowest BCUT2D eigenvalue weighted by Gasteiger charge is -2.32. The zero-order chi connectivity index (χ0) is 18.7. The number of benzene rings is 2. The third-order valence-electron chi connectivity index (χ3n) is 5.05. The van der Waals surface area contributed by atoms with Crippen molar-refractivity contribution < 1.29 is 0 Å². The number of halogens is 2. The summed E-state index contributed by atoms with van der Waals surface area (Å²) in [4.78, 5) is 8.35. The molecule has 0 amide bonds. The first-order chi connectivity index (χ1) is 12.5. The van der Waals surface area contributed by atoms with Crippen LogP contribution in [-0.2, 0) is 6.54 Å². The van der Waals surface area contributed by atoms with E-state index in [-0.39, 0.29) is 0 Å². The predicted octanol–water partition coefficient (Wildman–Crippen LogP) is 6.03. The average molecular weight is 388 g/mol. The summed E-state index contributed by atoms with van der Waals surface area (Å²) in [7, 11) is 0. The smallest absolute Gasteiger partial charge is 0.205 e. The molecular formula is C21H23Cl2N3. The van der Waals surface area contributed by atoms with Gasteiger partial charge in [0.1, 0.15) is 0 Å². The highest BCUT2D eigenvalue weighted by Gasteiger charge is 2.29. The maximum Gasteiger partial charge on any atom is 0.205 e. The molecule has 0 N–H and O–H groups in total. The van der Waals surface area contributed by atoms with Gasteiger partial charge in [0.05, 0.1) is 6.57 Å². The van der Waals surface area contributed by atoms with E-state index in [1.54, 1.807) is 6.07 Å². The number of anilines is 1. The van der Waals surface area contributed by atoms with E-state index in [0.29, 0.717) is 22.8 Å². The lowest BCUT2D eigenvalue weighted by molar-refractivity contribution is 0.271. The summed E-state index contributed by atoms with van der Waals surface area (Å²) in [6.07, 6.45) is 1.10. The van der Waals surface area contributed by atoms with Crippen molar-refractivity contribution in [3.63, 3.8) is 0 Å². The SMILES string of the molecule is [C-]#[N+]c1ccc(N(Cc2ccccc2Cl)[C@H]2CCN(C(C)C)C2)cc1Cl. The van der Waals surface area contributed by atoms with Crippen LogP contribution in [0.1, 0.15) is 25.8 Å². The Kier molecular flexibility index (Phi) is 6.09. The van der Waals surface area contributed by atoms with E-state index >= 15 is 0 Å². The van der Waals surface area contributed by atoms with Crippen molar-refractivity contribution in [2.75, 3.05) is 18.0 Å². The van der Waals surface area contributed by atoms with E-state index in [9.17, 15) is 0 Å². The van der Waals surface area contributed by atoms with Crippen LogP contribution in [0.2, 0.25) is 10.0 Å². The van der Waals surface area contributed by atoms with Crippen LogP contribution >= 0.6 is 23.2 Å². The molecule has 1 aliphatic heterocycles. The first kappa shape index (κ1) is 19.0. The van der Waals surface area contributed by atoms with Crippen LogP contribution in [0.5, 0.6) is 0 Å². The minimum atomic E-state index is 0.392. The molecular weight excluding hydrogens is 365 g/mol. The summed E-state index contributed by atoms with van der Waals surface area (Å²) >= 11 is 12.7. The summed E-state index contributed by atoms with van der Waals surface area (Å²) in [6.45, 7) is 14.5. The van der Waals surface area contributed by atoms with E-state index in [1.807, 2.05) is 30.3 Å². The van der Waals surface area contributed by atoms with Crippen molar-refractivity contribution >= 4 is 34.6 Å². The molecule has 136 valence electrons. The van der Waals surface area contributed by atoms with Crippen LogP contribution in [0, 0.1) is 6.57 Å². The molecule has 26 heavy (non-hydrogen) atoms. The summed E-state index contributed by atoms with van der Waals surface area (Å²) < 4.78 is 0. The molecule has 3 rings (SSSR count). The van der Waals surface area contributed by atoms with E-state index in [0.717, 1.165) is 42.3 Å². The van der Waals surface area contributed by atoms with Crippen molar-refractivity contribution in [2.45, 2.75) is 38.9 Å². The monoisotopic (exact) mass is 387 g/mol. The van der Waals surface area contributed by atoms with Crippen molar-refractivity contribution in [3.8, 4) is 0 Å². The van der Waals surface area contributed by atoms with Crippen LogP contribution in [-0.4, -0.2) is 30.1 Å². The van der Waals surface area contributed by atoms with Gasteiger partial charge in [-0.05, 0) is 44.0 Å². The molecule has 0 aliphatic carbocycles. The molecule has 0 saturated carbocycles. The molecule has 5 heteroatoms. The summed E-state index contributed by atoms with van der Waals surface area (Å²) in [6, 6.07) is 14.6. The molecule has 3 nitrogen and oxygen atoms in total. The molecule has 1 fully saturated rings. The Morgan fingerprint density at radius 2 is 1.96 bits per heavy atom. The van der Waals surface area contributed by atoms with E-state index in [1.165, 1.54) is 0 Å². The second-order valence-electron chi connectivity index (χ2n) is 7.00. The normalized spacial score (nSPS) is 17.5. The van der Waals surface area contributed by atoms with Crippen LogP contribution in [0.4, 0.5) is 11.4 Å². The van der Waals surface area contributed by atoms with Gasteiger partial charge in [-0.1, -0.05) is 47.5 Å². The second kappa shape index (κ2) is 8.31. The maximum atomic E-state index is 7.21. The van der Waals surface area contributed by atoms with Crippen LogP contribution < -0.4 is 4.90 Å². The van der Waals surface area contributed by atoms with E-state index in [2.05, 4.69) is 34.6 Å². The van der Waals surface area contributed by atoms with Crippen molar-refractivity contribution in [3.05, 3.63) is 69.5 Å². The van der Waals surface area contributed by atoms with E-state index < -0.39 is 0 Å². The third kappa shape index (κ3) is 4.15. The van der Waals surface area contributed by atoms with Gasteiger partial charge in [0.2, 0.25) is 5.69 Å². The lowest BCUT2D eigenvalue weighted by atomic mass is 10.1. The summed E-state index contributed by atoms with van der Waals surface area (Å²) in [5.41, 5.74) is 2.63. The fourth-order valence-electron chi connectivity index (χ4n) is 3.50. The van der Waals surface area contributed by atoms with Crippen LogP contribution in [0.15, 0.2) is 42.5 Å². The third-order valence-corrected chi connectivity index (χ3v) is 5.72. The summed E-state index contributed by atoms with van der Waals surface area (Å²) in [5.74, 6) is 0. The Morgan fingerprint density at radius 1 is 1.19 bits per heavy atom. The van der Waals surface area contributed by atoms with Gasteiger partial charge in [-0.25, -0.2) is 4.85 Å². The number of hydrogen-bond acceptors (Lipinski definition) is 2. The Hall–Kier alpha value is -1.73. The molecule has 0 unspecified atom stereocenters. The molecule has 0 aromatic heterocycles. The molecule has 0 bridgehead atoms. The Labute approximate surface area is 165 Å².